The highest BCUT2D eigenvalue weighted by Crippen LogP contribution is 2.16. The lowest BCUT2D eigenvalue weighted by atomic mass is 10.0. The third kappa shape index (κ3) is 8.25. The molecule has 0 aliphatic heterocycles. The number of rotatable bonds is 11. The fourth-order valence-electron chi connectivity index (χ4n) is 2.72. The SMILES string of the molecule is CCCC(CCO)CN=C(NCC)N(C)CCOc1ccccc1C. The molecule has 1 aromatic rings. The van der Waals surface area contributed by atoms with E-state index >= 15 is 0 Å². The van der Waals surface area contributed by atoms with Crippen LogP contribution in [-0.2, 0) is 0 Å². The van der Waals surface area contributed by atoms with Crippen LogP contribution in [0, 0.1) is 12.8 Å². The molecular weight excluding hydrogens is 314 g/mol. The number of nitrogens with zero attached hydrogens (tertiary/aromatic N) is 2. The normalized spacial score (nSPS) is 12.8. The molecule has 142 valence electrons. The Balaban J connectivity index is 2.55. The smallest absolute Gasteiger partial charge is 0.193 e. The first-order chi connectivity index (χ1) is 12.1. The molecule has 0 heterocycles. The number of hydrogen-bond acceptors (Lipinski definition) is 3. The van der Waals surface area contributed by atoms with E-state index < -0.39 is 0 Å². The molecule has 0 amide bonds. The van der Waals surface area contributed by atoms with Crippen molar-refractivity contribution in [1.29, 1.82) is 0 Å². The molecule has 1 aromatic carbocycles. The summed E-state index contributed by atoms with van der Waals surface area (Å²) in [5, 5.41) is 12.5. The Hall–Kier alpha value is -1.75. The molecule has 1 atom stereocenters. The summed E-state index contributed by atoms with van der Waals surface area (Å²) in [5.41, 5.74) is 1.15. The molecule has 5 nitrogen and oxygen atoms in total. The zero-order valence-electron chi connectivity index (χ0n) is 16.3. The van der Waals surface area contributed by atoms with Gasteiger partial charge >= 0.3 is 0 Å². The largest absolute Gasteiger partial charge is 0.491 e. The average Bonchev–Trinajstić information content (AvgIpc) is 2.60. The average molecular weight is 350 g/mol. The molecule has 0 bridgehead atoms. The Labute approximate surface area is 153 Å². The van der Waals surface area contributed by atoms with E-state index in [0.29, 0.717) is 12.5 Å². The Morgan fingerprint density at radius 2 is 2.04 bits per heavy atom. The predicted molar refractivity (Wildman–Crippen MR) is 105 cm³/mol. The number of ether oxygens (including phenoxy) is 1. The summed E-state index contributed by atoms with van der Waals surface area (Å²) in [6.07, 6.45) is 3.04. The van der Waals surface area contributed by atoms with Crippen LogP contribution < -0.4 is 10.1 Å². The molecule has 0 aliphatic carbocycles. The standard InChI is InChI=1S/C20H35N3O2/c1-5-9-18(12-14-24)16-22-20(21-6-2)23(4)13-15-25-19-11-8-7-10-17(19)3/h7-8,10-11,18,24H,5-6,9,12-16H2,1-4H3,(H,21,22). The van der Waals surface area contributed by atoms with E-state index in [9.17, 15) is 5.11 Å². The van der Waals surface area contributed by atoms with E-state index in [1.54, 1.807) is 0 Å². The molecule has 1 unspecified atom stereocenters. The van der Waals surface area contributed by atoms with Gasteiger partial charge in [0.25, 0.3) is 0 Å². The molecule has 0 saturated carbocycles. The summed E-state index contributed by atoms with van der Waals surface area (Å²) in [6, 6.07) is 8.06. The van der Waals surface area contributed by atoms with Crippen molar-refractivity contribution in [2.75, 3.05) is 39.9 Å². The van der Waals surface area contributed by atoms with Crippen molar-refractivity contribution in [2.24, 2.45) is 10.9 Å². The number of nitrogens with one attached hydrogen (secondary N) is 1. The van der Waals surface area contributed by atoms with Gasteiger partial charge in [-0.2, -0.15) is 0 Å². The van der Waals surface area contributed by atoms with Crippen molar-refractivity contribution in [3.05, 3.63) is 29.8 Å². The summed E-state index contributed by atoms with van der Waals surface area (Å²) >= 11 is 0. The van der Waals surface area contributed by atoms with Gasteiger partial charge < -0.3 is 20.1 Å². The van der Waals surface area contributed by atoms with Crippen LogP contribution >= 0.6 is 0 Å². The van der Waals surface area contributed by atoms with Gasteiger partial charge in [0.05, 0.1) is 6.54 Å². The topological polar surface area (TPSA) is 57.1 Å². The van der Waals surface area contributed by atoms with Crippen LogP contribution in [-0.4, -0.2) is 55.9 Å². The molecule has 0 fully saturated rings. The van der Waals surface area contributed by atoms with Crippen molar-refractivity contribution >= 4 is 5.96 Å². The number of aryl methyl sites for hydroxylation is 1. The highest BCUT2D eigenvalue weighted by molar-refractivity contribution is 5.79. The Kier molecular flexibility index (Phi) is 10.7. The molecule has 5 heteroatoms. The molecule has 0 aromatic heterocycles. The second kappa shape index (κ2) is 12.6. The minimum Gasteiger partial charge on any atom is -0.491 e. The highest BCUT2D eigenvalue weighted by Gasteiger charge is 2.10. The monoisotopic (exact) mass is 349 g/mol. The van der Waals surface area contributed by atoms with Crippen LogP contribution in [0.5, 0.6) is 5.75 Å². The van der Waals surface area contributed by atoms with Crippen molar-refractivity contribution in [2.45, 2.75) is 40.0 Å². The van der Waals surface area contributed by atoms with Crippen LogP contribution in [0.3, 0.4) is 0 Å². The molecule has 0 aliphatic rings. The number of aliphatic hydroxyl groups is 1. The lowest BCUT2D eigenvalue weighted by molar-refractivity contribution is 0.253. The van der Waals surface area contributed by atoms with E-state index in [0.717, 1.165) is 56.2 Å². The van der Waals surface area contributed by atoms with Crippen LogP contribution in [0.2, 0.25) is 0 Å². The number of aliphatic hydroxyl groups excluding tert-OH is 1. The Morgan fingerprint density at radius 3 is 2.68 bits per heavy atom. The zero-order valence-corrected chi connectivity index (χ0v) is 16.3. The van der Waals surface area contributed by atoms with Gasteiger partial charge in [0.15, 0.2) is 5.96 Å². The molecule has 1 rings (SSSR count). The fraction of sp³-hybridized carbons (Fsp3) is 0.650. The van der Waals surface area contributed by atoms with Gasteiger partial charge in [-0.1, -0.05) is 31.5 Å². The van der Waals surface area contributed by atoms with Gasteiger partial charge in [-0.25, -0.2) is 0 Å². The molecule has 0 saturated heterocycles. The summed E-state index contributed by atoms with van der Waals surface area (Å²) in [6.45, 7) is 9.49. The predicted octanol–water partition coefficient (Wildman–Crippen LogP) is 3.07. The number of guanidine groups is 1. The molecular formula is C20H35N3O2. The summed E-state index contributed by atoms with van der Waals surface area (Å²) in [7, 11) is 2.03. The lowest BCUT2D eigenvalue weighted by Gasteiger charge is -2.23. The summed E-state index contributed by atoms with van der Waals surface area (Å²) < 4.78 is 5.88. The van der Waals surface area contributed by atoms with Gasteiger partial charge in [-0.3, -0.25) is 4.99 Å². The number of aliphatic imine (C=N–C) groups is 1. The summed E-state index contributed by atoms with van der Waals surface area (Å²) in [5.74, 6) is 2.28. The Morgan fingerprint density at radius 1 is 1.28 bits per heavy atom. The van der Waals surface area contributed by atoms with E-state index in [2.05, 4.69) is 37.1 Å². The van der Waals surface area contributed by atoms with Gasteiger partial charge in [0, 0.05) is 26.7 Å². The first-order valence-electron chi connectivity index (χ1n) is 9.41. The number of hydrogen-bond donors (Lipinski definition) is 2. The van der Waals surface area contributed by atoms with Gasteiger partial charge in [-0.05, 0) is 44.2 Å². The van der Waals surface area contributed by atoms with Crippen LogP contribution in [0.25, 0.3) is 0 Å². The second-order valence-electron chi connectivity index (χ2n) is 6.40. The number of benzene rings is 1. The third-order valence-electron chi connectivity index (χ3n) is 4.21. The lowest BCUT2D eigenvalue weighted by Crippen LogP contribution is -2.41. The quantitative estimate of drug-likeness (QED) is 0.476. The van der Waals surface area contributed by atoms with Crippen LogP contribution in [0.1, 0.15) is 38.7 Å². The summed E-state index contributed by atoms with van der Waals surface area (Å²) in [4.78, 5) is 6.86. The van der Waals surface area contributed by atoms with Gasteiger partial charge in [-0.15, -0.1) is 0 Å². The van der Waals surface area contributed by atoms with E-state index in [-0.39, 0.29) is 6.61 Å². The van der Waals surface area contributed by atoms with Crippen molar-refractivity contribution in [3.8, 4) is 5.75 Å². The molecule has 2 N–H and O–H groups in total. The first kappa shape index (κ1) is 21.3. The second-order valence-corrected chi connectivity index (χ2v) is 6.40. The fourth-order valence-corrected chi connectivity index (χ4v) is 2.72. The maximum Gasteiger partial charge on any atom is 0.193 e. The minimum atomic E-state index is 0.233. The van der Waals surface area contributed by atoms with E-state index in [4.69, 9.17) is 9.73 Å². The van der Waals surface area contributed by atoms with Crippen LogP contribution in [0.15, 0.2) is 29.3 Å². The first-order valence-corrected chi connectivity index (χ1v) is 9.41. The number of likely N-dealkylation sites (N-methyl/N-ethyl adjacent to an activating group) is 1. The number of para-hydroxylation sites is 1. The van der Waals surface area contributed by atoms with Crippen molar-refractivity contribution in [3.63, 3.8) is 0 Å². The maximum absolute atomic E-state index is 9.20. The third-order valence-corrected chi connectivity index (χ3v) is 4.21. The zero-order chi connectivity index (χ0) is 18.5. The highest BCUT2D eigenvalue weighted by atomic mass is 16.5. The Bertz CT molecular complexity index is 499. The van der Waals surface area contributed by atoms with E-state index in [1.807, 2.05) is 25.2 Å². The van der Waals surface area contributed by atoms with Gasteiger partial charge in [0.1, 0.15) is 12.4 Å². The van der Waals surface area contributed by atoms with Crippen LogP contribution in [0.4, 0.5) is 0 Å². The molecule has 25 heavy (non-hydrogen) atoms. The molecule has 0 radical (unpaired) electrons. The van der Waals surface area contributed by atoms with Crippen molar-refractivity contribution < 1.29 is 9.84 Å². The van der Waals surface area contributed by atoms with Crippen molar-refractivity contribution in [1.82, 2.24) is 10.2 Å². The van der Waals surface area contributed by atoms with Gasteiger partial charge in [0.2, 0.25) is 0 Å². The van der Waals surface area contributed by atoms with E-state index in [1.165, 1.54) is 0 Å². The molecule has 0 spiro atoms. The minimum absolute atomic E-state index is 0.233. The maximum atomic E-state index is 9.20.